The van der Waals surface area contributed by atoms with Gasteiger partial charge in [0.25, 0.3) is 0 Å². The Kier molecular flexibility index (Phi) is 5.74. The Bertz CT molecular complexity index is 873. The van der Waals surface area contributed by atoms with Crippen LogP contribution in [0.1, 0.15) is 36.4 Å². The first-order valence-corrected chi connectivity index (χ1v) is 9.01. The average molecular weight is 369 g/mol. The Morgan fingerprint density at radius 1 is 1.15 bits per heavy atom. The maximum atomic E-state index is 12.5. The van der Waals surface area contributed by atoms with E-state index in [0.29, 0.717) is 22.4 Å². The van der Waals surface area contributed by atoms with Gasteiger partial charge in [-0.05, 0) is 43.2 Å². The fourth-order valence-electron chi connectivity index (χ4n) is 2.81. The lowest BCUT2D eigenvalue weighted by Crippen LogP contribution is -2.29. The quantitative estimate of drug-likeness (QED) is 0.657. The highest BCUT2D eigenvalue weighted by molar-refractivity contribution is 6.30. The lowest BCUT2D eigenvalue weighted by molar-refractivity contribution is -0.121. The molecule has 134 valence electrons. The summed E-state index contributed by atoms with van der Waals surface area (Å²) < 4.78 is 5.72. The van der Waals surface area contributed by atoms with E-state index < -0.39 is 0 Å². The molecule has 1 heterocycles. The van der Waals surface area contributed by atoms with Crippen LogP contribution in [0.25, 0.3) is 11.5 Å². The summed E-state index contributed by atoms with van der Waals surface area (Å²) in [6, 6.07) is 17.1. The van der Waals surface area contributed by atoms with Crippen LogP contribution in [0.3, 0.4) is 0 Å². The second kappa shape index (κ2) is 8.19. The van der Waals surface area contributed by atoms with Crippen LogP contribution in [0.5, 0.6) is 0 Å². The fraction of sp³-hybridized carbons (Fsp3) is 0.238. The molecule has 0 aliphatic carbocycles. The van der Waals surface area contributed by atoms with Crippen molar-refractivity contribution in [3.8, 4) is 11.5 Å². The second-order valence-electron chi connectivity index (χ2n) is 6.14. The Balaban J connectivity index is 1.69. The number of oxazole rings is 1. The van der Waals surface area contributed by atoms with E-state index in [1.165, 1.54) is 0 Å². The van der Waals surface area contributed by atoms with Crippen LogP contribution < -0.4 is 5.32 Å². The minimum Gasteiger partial charge on any atom is -0.441 e. The molecule has 1 aromatic heterocycles. The zero-order valence-electron chi connectivity index (χ0n) is 14.8. The molecule has 0 saturated carbocycles. The molecule has 1 N–H and O–H groups in total. The predicted molar refractivity (Wildman–Crippen MR) is 103 cm³/mol. The molecule has 1 atom stereocenters. The molecular formula is C21H21ClN2O2. The molecular weight excluding hydrogens is 348 g/mol. The summed E-state index contributed by atoms with van der Waals surface area (Å²) in [5.41, 5.74) is 2.59. The molecule has 0 bridgehead atoms. The Morgan fingerprint density at radius 3 is 2.50 bits per heavy atom. The molecule has 5 heteroatoms. The van der Waals surface area contributed by atoms with Crippen LogP contribution in [0, 0.1) is 6.92 Å². The number of rotatable bonds is 6. The number of amides is 1. The first-order chi connectivity index (χ1) is 12.6. The number of aromatic nitrogens is 1. The van der Waals surface area contributed by atoms with Crippen LogP contribution >= 0.6 is 11.6 Å². The minimum absolute atomic E-state index is 0.0550. The SMILES string of the molecule is CCC(NC(=O)Cc1nc(-c2ccccc2)oc1C)c1ccc(Cl)cc1. The number of carbonyl (C=O) groups is 1. The predicted octanol–water partition coefficient (Wildman–Crippen LogP) is 5.11. The Hall–Kier alpha value is -2.59. The molecule has 0 saturated heterocycles. The second-order valence-corrected chi connectivity index (χ2v) is 6.58. The number of hydrogen-bond donors (Lipinski definition) is 1. The zero-order valence-corrected chi connectivity index (χ0v) is 15.6. The summed E-state index contributed by atoms with van der Waals surface area (Å²) in [5, 5.41) is 3.75. The standard InChI is InChI=1S/C21H21ClN2O2/c1-3-18(15-9-11-17(22)12-10-15)23-20(25)13-19-14(2)26-21(24-19)16-7-5-4-6-8-16/h4-12,18H,3,13H2,1-2H3,(H,23,25). The van der Waals surface area contributed by atoms with Crippen molar-refractivity contribution < 1.29 is 9.21 Å². The lowest BCUT2D eigenvalue weighted by Gasteiger charge is -2.17. The van der Waals surface area contributed by atoms with E-state index in [1.54, 1.807) is 0 Å². The molecule has 0 aliphatic rings. The van der Waals surface area contributed by atoms with Gasteiger partial charge in [-0.2, -0.15) is 0 Å². The summed E-state index contributed by atoms with van der Waals surface area (Å²) in [6.45, 7) is 3.87. The number of benzene rings is 2. The molecule has 3 rings (SSSR count). The van der Waals surface area contributed by atoms with Gasteiger partial charge in [0, 0.05) is 10.6 Å². The Morgan fingerprint density at radius 2 is 1.85 bits per heavy atom. The maximum absolute atomic E-state index is 12.5. The molecule has 0 aliphatic heterocycles. The van der Waals surface area contributed by atoms with E-state index in [2.05, 4.69) is 10.3 Å². The van der Waals surface area contributed by atoms with Crippen LogP contribution in [0.2, 0.25) is 5.02 Å². The van der Waals surface area contributed by atoms with Crippen LogP contribution in [-0.2, 0) is 11.2 Å². The van der Waals surface area contributed by atoms with Crippen molar-refractivity contribution >= 4 is 17.5 Å². The number of nitrogens with zero attached hydrogens (tertiary/aromatic N) is 1. The molecule has 2 aromatic carbocycles. The molecule has 4 nitrogen and oxygen atoms in total. The summed E-state index contributed by atoms with van der Waals surface area (Å²) in [6.07, 6.45) is 0.979. The van der Waals surface area contributed by atoms with Gasteiger partial charge >= 0.3 is 0 Å². The van der Waals surface area contributed by atoms with Crippen LogP contribution in [0.4, 0.5) is 0 Å². The van der Waals surface area contributed by atoms with Gasteiger partial charge < -0.3 is 9.73 Å². The topological polar surface area (TPSA) is 55.1 Å². The summed E-state index contributed by atoms with van der Waals surface area (Å²) in [7, 11) is 0. The fourth-order valence-corrected chi connectivity index (χ4v) is 2.94. The third-order valence-electron chi connectivity index (χ3n) is 4.26. The summed E-state index contributed by atoms with van der Waals surface area (Å²) in [5.74, 6) is 1.12. The van der Waals surface area contributed by atoms with Gasteiger partial charge in [0.05, 0.1) is 18.2 Å². The number of aryl methyl sites for hydroxylation is 1. The maximum Gasteiger partial charge on any atom is 0.226 e. The molecule has 1 unspecified atom stereocenters. The van der Waals surface area contributed by atoms with E-state index in [1.807, 2.05) is 68.4 Å². The Labute approximate surface area is 158 Å². The van der Waals surface area contributed by atoms with E-state index in [0.717, 1.165) is 17.5 Å². The highest BCUT2D eigenvalue weighted by Crippen LogP contribution is 2.23. The van der Waals surface area contributed by atoms with E-state index in [4.69, 9.17) is 16.0 Å². The summed E-state index contributed by atoms with van der Waals surface area (Å²) in [4.78, 5) is 17.0. The zero-order chi connectivity index (χ0) is 18.5. The summed E-state index contributed by atoms with van der Waals surface area (Å²) >= 11 is 5.94. The number of halogens is 1. The molecule has 0 spiro atoms. The monoisotopic (exact) mass is 368 g/mol. The van der Waals surface area contributed by atoms with E-state index >= 15 is 0 Å². The van der Waals surface area contributed by atoms with Gasteiger partial charge in [-0.1, -0.05) is 48.9 Å². The van der Waals surface area contributed by atoms with E-state index in [-0.39, 0.29) is 18.4 Å². The third kappa shape index (κ3) is 4.33. The number of hydrogen-bond acceptors (Lipinski definition) is 3. The van der Waals surface area contributed by atoms with Crippen molar-refractivity contribution in [3.63, 3.8) is 0 Å². The van der Waals surface area contributed by atoms with E-state index in [9.17, 15) is 4.79 Å². The van der Waals surface area contributed by atoms with Crippen molar-refractivity contribution in [2.45, 2.75) is 32.7 Å². The smallest absolute Gasteiger partial charge is 0.226 e. The van der Waals surface area contributed by atoms with Crippen LogP contribution in [-0.4, -0.2) is 10.9 Å². The van der Waals surface area contributed by atoms with Gasteiger partial charge in [0.1, 0.15) is 5.76 Å². The minimum atomic E-state index is -0.0807. The lowest BCUT2D eigenvalue weighted by atomic mass is 10.0. The first-order valence-electron chi connectivity index (χ1n) is 8.63. The van der Waals surface area contributed by atoms with Crippen LogP contribution in [0.15, 0.2) is 59.0 Å². The molecule has 3 aromatic rings. The van der Waals surface area contributed by atoms with Crippen molar-refractivity contribution in [1.29, 1.82) is 0 Å². The average Bonchev–Trinajstić information content (AvgIpc) is 3.02. The van der Waals surface area contributed by atoms with Crippen molar-refractivity contribution in [2.75, 3.05) is 0 Å². The number of carbonyl (C=O) groups excluding carboxylic acids is 1. The number of nitrogens with one attached hydrogen (secondary N) is 1. The van der Waals surface area contributed by atoms with Gasteiger partial charge in [-0.15, -0.1) is 0 Å². The van der Waals surface area contributed by atoms with Gasteiger partial charge in [-0.25, -0.2) is 4.98 Å². The molecule has 0 radical (unpaired) electrons. The normalized spacial score (nSPS) is 12.0. The van der Waals surface area contributed by atoms with Gasteiger partial charge in [0.15, 0.2) is 0 Å². The molecule has 26 heavy (non-hydrogen) atoms. The van der Waals surface area contributed by atoms with Crippen molar-refractivity contribution in [3.05, 3.63) is 76.6 Å². The molecule has 1 amide bonds. The first kappa shape index (κ1) is 18.2. The van der Waals surface area contributed by atoms with Crippen molar-refractivity contribution in [1.82, 2.24) is 10.3 Å². The largest absolute Gasteiger partial charge is 0.441 e. The highest BCUT2D eigenvalue weighted by Gasteiger charge is 2.17. The highest BCUT2D eigenvalue weighted by atomic mass is 35.5. The van der Waals surface area contributed by atoms with Crippen molar-refractivity contribution in [2.24, 2.45) is 0 Å². The third-order valence-corrected chi connectivity index (χ3v) is 4.51. The van der Waals surface area contributed by atoms with Gasteiger partial charge in [0.2, 0.25) is 11.8 Å². The van der Waals surface area contributed by atoms with Gasteiger partial charge in [-0.3, -0.25) is 4.79 Å². The molecule has 0 fully saturated rings.